The summed E-state index contributed by atoms with van der Waals surface area (Å²) in [5.41, 5.74) is -0.197. The number of phenolic OH excluding ortho intramolecular Hbond substituents is 1. The predicted molar refractivity (Wildman–Crippen MR) is 171 cm³/mol. The number of aromatic hydroxyl groups is 1. The van der Waals surface area contributed by atoms with Gasteiger partial charge in [-0.15, -0.1) is 0 Å². The molecule has 1 aromatic carbocycles. The number of nitrogens with zero attached hydrogens (tertiary/aromatic N) is 1. The molecular weight excluding hydrogens is 677 g/mol. The lowest BCUT2D eigenvalue weighted by Gasteiger charge is -2.25. The maximum atomic E-state index is 13.5. The maximum Gasteiger partial charge on any atom is 0.312 e. The smallest absolute Gasteiger partial charge is 0.312 e. The summed E-state index contributed by atoms with van der Waals surface area (Å²) in [6, 6.07) is 1.20. The molecule has 13 heteroatoms. The fraction of sp³-hybridized carbons (Fsp3) is 0.621. The predicted octanol–water partition coefficient (Wildman–Crippen LogP) is 4.69. The minimum Gasteiger partial charge on any atom is -0.501 e. The van der Waals surface area contributed by atoms with Crippen molar-refractivity contribution in [2.24, 2.45) is 23.7 Å². The van der Waals surface area contributed by atoms with Gasteiger partial charge in [-0.2, -0.15) is 0 Å². The lowest BCUT2D eigenvalue weighted by molar-refractivity contribution is -0.386. The number of nitrogens with one attached hydrogen (secondary N) is 2. The Hall–Kier alpha value is -2.55. The Morgan fingerprint density at radius 3 is 2.07 bits per heavy atom. The number of sulfone groups is 1. The van der Waals surface area contributed by atoms with E-state index < -0.39 is 50.1 Å². The summed E-state index contributed by atoms with van der Waals surface area (Å²) >= 11 is 1.75. The molecule has 0 heterocycles. The third kappa shape index (κ3) is 14.1. The van der Waals surface area contributed by atoms with E-state index in [-0.39, 0.29) is 45.9 Å². The lowest BCUT2D eigenvalue weighted by atomic mass is 9.87. The van der Waals surface area contributed by atoms with Crippen molar-refractivity contribution in [3.8, 4) is 5.75 Å². The number of amides is 2. The fourth-order valence-electron chi connectivity index (χ4n) is 4.52. The zero-order valence-corrected chi connectivity index (χ0v) is 28.3. The van der Waals surface area contributed by atoms with Crippen LogP contribution in [0.4, 0.5) is 5.69 Å². The van der Waals surface area contributed by atoms with Crippen molar-refractivity contribution in [1.29, 1.82) is 0 Å². The normalized spacial score (nSPS) is 14.3. The minimum atomic E-state index is -3.39. The zero-order valence-electron chi connectivity index (χ0n) is 25.3. The number of hydrogen-bond acceptors (Lipinski definition) is 8. The summed E-state index contributed by atoms with van der Waals surface area (Å²) in [5.74, 6) is -2.04. The van der Waals surface area contributed by atoms with Crippen molar-refractivity contribution >= 4 is 55.7 Å². The van der Waals surface area contributed by atoms with Crippen LogP contribution in [0.3, 0.4) is 0 Å². The highest BCUT2D eigenvalue weighted by Gasteiger charge is 2.30. The summed E-state index contributed by atoms with van der Waals surface area (Å²) in [7, 11) is -3.39. The molecule has 0 aliphatic heterocycles. The Labute approximate surface area is 262 Å². The minimum absolute atomic E-state index is 0.0453. The molecule has 0 aromatic heterocycles. The average molecular weight is 722 g/mol. The summed E-state index contributed by atoms with van der Waals surface area (Å²) in [4.78, 5) is 50.4. The Morgan fingerprint density at radius 1 is 1.00 bits per heavy atom. The lowest BCUT2D eigenvalue weighted by Crippen LogP contribution is -2.45. The van der Waals surface area contributed by atoms with E-state index in [1.807, 2.05) is 41.5 Å². The van der Waals surface area contributed by atoms with Gasteiger partial charge in [-0.3, -0.25) is 24.5 Å². The van der Waals surface area contributed by atoms with Crippen LogP contribution < -0.4 is 10.6 Å². The fourth-order valence-corrected chi connectivity index (χ4v) is 5.67. The number of phenols is 1. The van der Waals surface area contributed by atoms with E-state index >= 15 is 0 Å². The van der Waals surface area contributed by atoms with Gasteiger partial charge in [0, 0.05) is 36.1 Å². The monoisotopic (exact) mass is 721 g/mol. The number of ketones is 1. The van der Waals surface area contributed by atoms with Gasteiger partial charge in [0.2, 0.25) is 17.6 Å². The maximum absolute atomic E-state index is 13.5. The molecule has 42 heavy (non-hydrogen) atoms. The van der Waals surface area contributed by atoms with Crippen molar-refractivity contribution < 1.29 is 32.8 Å². The summed E-state index contributed by atoms with van der Waals surface area (Å²) < 4.78 is 23.5. The van der Waals surface area contributed by atoms with E-state index in [2.05, 4.69) is 10.6 Å². The van der Waals surface area contributed by atoms with E-state index in [1.165, 1.54) is 12.1 Å². The molecule has 0 saturated heterocycles. The van der Waals surface area contributed by atoms with E-state index in [0.717, 1.165) is 17.7 Å². The van der Waals surface area contributed by atoms with Crippen LogP contribution in [0.15, 0.2) is 23.6 Å². The van der Waals surface area contributed by atoms with Gasteiger partial charge in [-0.1, -0.05) is 47.6 Å². The molecule has 0 aliphatic carbocycles. The van der Waals surface area contributed by atoms with Crippen LogP contribution >= 0.6 is 22.6 Å². The van der Waals surface area contributed by atoms with Crippen molar-refractivity contribution in [3.05, 3.63) is 42.9 Å². The van der Waals surface area contributed by atoms with E-state index in [4.69, 9.17) is 0 Å². The first kappa shape index (κ1) is 37.5. The van der Waals surface area contributed by atoms with Crippen molar-refractivity contribution in [2.45, 2.75) is 85.7 Å². The molecule has 0 saturated carbocycles. The Balaban J connectivity index is 3.14. The van der Waals surface area contributed by atoms with Gasteiger partial charge in [0.25, 0.3) is 0 Å². The largest absolute Gasteiger partial charge is 0.501 e. The number of carbonyl (C=O) groups excluding carboxylic acids is 3. The van der Waals surface area contributed by atoms with Crippen LogP contribution in [0, 0.1) is 37.4 Å². The number of benzene rings is 1. The standard InChI is InChI=1S/C29H44IN3O8S/c1-17(2)10-21(29(37)31-22(11-18(3)4)8-9-42(7,40)41)16-26(34)24(12-19(5)6)32-27(35)15-20-13-23(30)28(36)25(14-20)33(38)39/h8-9,13-14,17-19,21-22,24,36H,10-12,15-16H2,1-7H3,(H,31,37)(H,32,35)/b9-8+/t21-,22-,24+/m1/s1. The molecule has 0 unspecified atom stereocenters. The molecule has 0 fully saturated rings. The van der Waals surface area contributed by atoms with Gasteiger partial charge in [-0.05, 0) is 71.2 Å². The van der Waals surface area contributed by atoms with Gasteiger partial charge in [0.1, 0.15) is 0 Å². The molecular formula is C29H44IN3O8S. The van der Waals surface area contributed by atoms with Crippen LogP contribution in [0.5, 0.6) is 5.75 Å². The number of nitro groups is 1. The average Bonchev–Trinajstić information content (AvgIpc) is 2.82. The molecule has 236 valence electrons. The van der Waals surface area contributed by atoms with Crippen LogP contribution in [-0.4, -0.2) is 54.4 Å². The second-order valence-electron chi connectivity index (χ2n) is 12.0. The highest BCUT2D eigenvalue weighted by Crippen LogP contribution is 2.32. The molecule has 0 radical (unpaired) electrons. The van der Waals surface area contributed by atoms with Crippen molar-refractivity contribution in [2.75, 3.05) is 6.26 Å². The number of carbonyl (C=O) groups is 3. The second-order valence-corrected chi connectivity index (χ2v) is 15.1. The third-order valence-electron chi connectivity index (χ3n) is 6.28. The van der Waals surface area contributed by atoms with Gasteiger partial charge in [0.05, 0.1) is 21.0 Å². The highest BCUT2D eigenvalue weighted by molar-refractivity contribution is 14.1. The van der Waals surface area contributed by atoms with Crippen LogP contribution in [0.1, 0.15) is 72.8 Å². The SMILES string of the molecule is CC(C)C[C@H](CC(=O)[C@H](CC(C)C)NC(=O)Cc1cc(I)c(O)c([N+](=O)[O-])c1)C(=O)N[C@H](/C=C/S(C)(=O)=O)CC(C)C. The van der Waals surface area contributed by atoms with Gasteiger partial charge in [0.15, 0.2) is 15.6 Å². The van der Waals surface area contributed by atoms with E-state index in [9.17, 15) is 38.0 Å². The third-order valence-corrected chi connectivity index (χ3v) is 7.75. The molecule has 3 atom stereocenters. The van der Waals surface area contributed by atoms with Crippen molar-refractivity contribution in [3.63, 3.8) is 0 Å². The van der Waals surface area contributed by atoms with Crippen LogP contribution in [-0.2, 0) is 30.6 Å². The molecule has 1 aromatic rings. The van der Waals surface area contributed by atoms with Crippen molar-refractivity contribution in [1.82, 2.24) is 10.6 Å². The first-order chi connectivity index (χ1) is 19.3. The Kier molecular flexibility index (Phi) is 15.1. The first-order valence-electron chi connectivity index (χ1n) is 13.9. The van der Waals surface area contributed by atoms with Gasteiger partial charge in [-0.25, -0.2) is 8.42 Å². The number of nitro benzene ring substituents is 1. The number of Topliss-reactive ketones (excluding diaryl/α,β-unsaturated/α-hetero) is 1. The number of rotatable bonds is 17. The molecule has 3 N–H and O–H groups in total. The summed E-state index contributed by atoms with van der Waals surface area (Å²) in [6.07, 6.45) is 3.44. The van der Waals surface area contributed by atoms with E-state index in [0.29, 0.717) is 24.8 Å². The molecule has 1 rings (SSSR count). The molecule has 0 aliphatic rings. The summed E-state index contributed by atoms with van der Waals surface area (Å²) in [5, 5.41) is 27.9. The molecule has 2 amide bonds. The highest BCUT2D eigenvalue weighted by atomic mass is 127. The molecule has 0 bridgehead atoms. The van der Waals surface area contributed by atoms with E-state index in [1.54, 1.807) is 22.6 Å². The van der Waals surface area contributed by atoms with Crippen LogP contribution in [0.25, 0.3) is 0 Å². The zero-order chi connectivity index (χ0) is 32.4. The molecule has 11 nitrogen and oxygen atoms in total. The quantitative estimate of drug-likeness (QED) is 0.118. The summed E-state index contributed by atoms with van der Waals surface area (Å²) in [6.45, 7) is 11.6. The van der Waals surface area contributed by atoms with Gasteiger partial charge < -0.3 is 15.7 Å². The number of halogens is 1. The second kappa shape index (κ2) is 16.9. The van der Waals surface area contributed by atoms with Crippen LogP contribution in [0.2, 0.25) is 0 Å². The van der Waals surface area contributed by atoms with Gasteiger partial charge >= 0.3 is 5.69 Å². The molecule has 0 spiro atoms. The first-order valence-corrected chi connectivity index (χ1v) is 17.0. The Morgan fingerprint density at radius 2 is 1.57 bits per heavy atom. The number of hydrogen-bond donors (Lipinski definition) is 3. The Bertz CT molecular complexity index is 1260. The topological polar surface area (TPSA) is 173 Å².